The van der Waals surface area contributed by atoms with Crippen molar-refractivity contribution >= 4 is 22.8 Å². The Labute approximate surface area is 176 Å². The van der Waals surface area contributed by atoms with E-state index in [9.17, 15) is 9.59 Å². The second-order valence-corrected chi connectivity index (χ2v) is 8.15. The van der Waals surface area contributed by atoms with Gasteiger partial charge in [0.1, 0.15) is 0 Å². The van der Waals surface area contributed by atoms with E-state index < -0.39 is 0 Å². The second kappa shape index (κ2) is 9.57. The molecule has 1 amide bonds. The maximum Gasteiger partial charge on any atom is 0.293 e. The number of anilines is 1. The van der Waals surface area contributed by atoms with Crippen molar-refractivity contribution in [2.45, 2.75) is 19.3 Å². The molecule has 8 nitrogen and oxygen atoms in total. The van der Waals surface area contributed by atoms with Crippen LogP contribution in [-0.4, -0.2) is 72.8 Å². The van der Waals surface area contributed by atoms with Gasteiger partial charge in [-0.1, -0.05) is 12.1 Å². The van der Waals surface area contributed by atoms with Gasteiger partial charge < -0.3 is 19.5 Å². The molecular weight excluding hydrogens is 382 g/mol. The number of carbonyl (C=O) groups excluding carboxylic acids is 1. The Bertz CT molecular complexity index is 930. The minimum Gasteiger partial charge on any atom is -0.379 e. The predicted octanol–water partition coefficient (Wildman–Crippen LogP) is 0.988. The number of nitrogens with one attached hydrogen (secondary N) is 1. The van der Waals surface area contributed by atoms with Crippen molar-refractivity contribution in [3.05, 3.63) is 34.6 Å². The maximum absolute atomic E-state index is 12.8. The van der Waals surface area contributed by atoms with Crippen molar-refractivity contribution in [1.82, 2.24) is 19.8 Å². The van der Waals surface area contributed by atoms with Crippen LogP contribution in [-0.2, 0) is 16.6 Å². The fourth-order valence-corrected chi connectivity index (χ4v) is 4.31. The van der Waals surface area contributed by atoms with E-state index in [0.717, 1.165) is 63.1 Å². The predicted molar refractivity (Wildman–Crippen MR) is 117 cm³/mol. The van der Waals surface area contributed by atoms with Gasteiger partial charge in [0.15, 0.2) is 5.82 Å². The average molecular weight is 414 g/mol. The number of para-hydroxylation sites is 2. The molecule has 0 saturated carbocycles. The minimum atomic E-state index is -0.0836. The first-order chi connectivity index (χ1) is 14.6. The summed E-state index contributed by atoms with van der Waals surface area (Å²) in [5, 5.41) is 3.09. The van der Waals surface area contributed by atoms with E-state index in [1.54, 1.807) is 11.6 Å². The topological polar surface area (TPSA) is 79.7 Å². The molecule has 0 atom stereocenters. The summed E-state index contributed by atoms with van der Waals surface area (Å²) in [6, 6.07) is 7.67. The SMILES string of the molecule is Cn1c(=O)c(N2CCC(C(=O)NCCCN3CCOCC3)CC2)nc2ccccc21. The zero-order valence-corrected chi connectivity index (χ0v) is 17.7. The molecule has 1 N–H and O–H groups in total. The molecular formula is C22H31N5O3. The van der Waals surface area contributed by atoms with Gasteiger partial charge in [-0.15, -0.1) is 0 Å². The van der Waals surface area contributed by atoms with E-state index in [1.807, 2.05) is 29.2 Å². The summed E-state index contributed by atoms with van der Waals surface area (Å²) in [7, 11) is 1.78. The summed E-state index contributed by atoms with van der Waals surface area (Å²) in [6.07, 6.45) is 2.45. The van der Waals surface area contributed by atoms with E-state index in [4.69, 9.17) is 4.74 Å². The number of nitrogens with zero attached hydrogens (tertiary/aromatic N) is 4. The first-order valence-corrected chi connectivity index (χ1v) is 10.9. The fourth-order valence-electron chi connectivity index (χ4n) is 4.31. The Balaban J connectivity index is 1.27. The summed E-state index contributed by atoms with van der Waals surface area (Å²) in [4.78, 5) is 34.3. The van der Waals surface area contributed by atoms with E-state index >= 15 is 0 Å². The Morgan fingerprint density at radius 3 is 2.67 bits per heavy atom. The molecule has 2 saturated heterocycles. The van der Waals surface area contributed by atoms with Gasteiger partial charge in [-0.2, -0.15) is 0 Å². The number of hydrogen-bond donors (Lipinski definition) is 1. The lowest BCUT2D eigenvalue weighted by Crippen LogP contribution is -2.43. The third kappa shape index (κ3) is 4.65. The van der Waals surface area contributed by atoms with Crippen molar-refractivity contribution in [3.63, 3.8) is 0 Å². The van der Waals surface area contributed by atoms with Crippen molar-refractivity contribution in [2.75, 3.05) is 57.4 Å². The molecule has 2 fully saturated rings. The summed E-state index contributed by atoms with van der Waals surface area (Å²) < 4.78 is 7.02. The van der Waals surface area contributed by atoms with Gasteiger partial charge in [0, 0.05) is 45.7 Å². The minimum absolute atomic E-state index is 0.00828. The van der Waals surface area contributed by atoms with E-state index in [1.165, 1.54) is 0 Å². The van der Waals surface area contributed by atoms with Crippen LogP contribution >= 0.6 is 0 Å². The molecule has 2 aliphatic heterocycles. The number of carbonyl (C=O) groups is 1. The van der Waals surface area contributed by atoms with Gasteiger partial charge >= 0.3 is 0 Å². The summed E-state index contributed by atoms with van der Waals surface area (Å²) in [6.45, 7) is 6.63. The van der Waals surface area contributed by atoms with Crippen molar-refractivity contribution in [1.29, 1.82) is 0 Å². The van der Waals surface area contributed by atoms with Crippen LogP contribution in [0.3, 0.4) is 0 Å². The summed E-state index contributed by atoms with van der Waals surface area (Å²) in [5.74, 6) is 0.630. The maximum atomic E-state index is 12.8. The molecule has 8 heteroatoms. The standard InChI is InChI=1S/C22H31N5O3/c1-25-19-6-3-2-5-18(19)24-20(22(25)29)27-11-7-17(8-12-27)21(28)23-9-4-10-26-13-15-30-16-14-26/h2-3,5-6,17H,4,7-16H2,1H3,(H,23,28). The number of fused-ring (bicyclic) bond motifs is 1. The second-order valence-electron chi connectivity index (χ2n) is 8.15. The number of piperidine rings is 1. The lowest BCUT2D eigenvalue weighted by atomic mass is 9.96. The largest absolute Gasteiger partial charge is 0.379 e. The highest BCUT2D eigenvalue weighted by Gasteiger charge is 2.27. The van der Waals surface area contributed by atoms with Crippen LogP contribution in [0.5, 0.6) is 0 Å². The van der Waals surface area contributed by atoms with Crippen LogP contribution in [0.2, 0.25) is 0 Å². The van der Waals surface area contributed by atoms with Crippen LogP contribution in [0.25, 0.3) is 11.0 Å². The number of morpholine rings is 1. The molecule has 30 heavy (non-hydrogen) atoms. The molecule has 0 aliphatic carbocycles. The van der Waals surface area contributed by atoms with Gasteiger partial charge in [0.05, 0.1) is 24.2 Å². The molecule has 0 bridgehead atoms. The van der Waals surface area contributed by atoms with Crippen molar-refractivity contribution < 1.29 is 9.53 Å². The average Bonchev–Trinajstić information content (AvgIpc) is 2.80. The molecule has 2 aliphatic rings. The van der Waals surface area contributed by atoms with E-state index in [-0.39, 0.29) is 17.4 Å². The first kappa shape index (κ1) is 20.8. The third-order valence-corrected chi connectivity index (χ3v) is 6.18. The van der Waals surface area contributed by atoms with E-state index in [0.29, 0.717) is 25.5 Å². The zero-order chi connectivity index (χ0) is 20.9. The lowest BCUT2D eigenvalue weighted by Gasteiger charge is -2.32. The molecule has 0 spiro atoms. The lowest BCUT2D eigenvalue weighted by molar-refractivity contribution is -0.125. The number of aryl methyl sites for hydroxylation is 1. The van der Waals surface area contributed by atoms with Gasteiger partial charge in [-0.25, -0.2) is 4.98 Å². The number of aromatic nitrogens is 2. The summed E-state index contributed by atoms with van der Waals surface area (Å²) >= 11 is 0. The van der Waals surface area contributed by atoms with Gasteiger partial charge in [0.25, 0.3) is 5.56 Å². The molecule has 0 unspecified atom stereocenters. The molecule has 3 heterocycles. The molecule has 4 rings (SSSR count). The van der Waals surface area contributed by atoms with Crippen molar-refractivity contribution in [3.8, 4) is 0 Å². The number of hydrogen-bond acceptors (Lipinski definition) is 6. The zero-order valence-electron chi connectivity index (χ0n) is 17.7. The van der Waals surface area contributed by atoms with Crippen LogP contribution in [0.15, 0.2) is 29.1 Å². The summed E-state index contributed by atoms with van der Waals surface area (Å²) in [5.41, 5.74) is 1.56. The van der Waals surface area contributed by atoms with E-state index in [2.05, 4.69) is 15.2 Å². The molecule has 1 aromatic heterocycles. The third-order valence-electron chi connectivity index (χ3n) is 6.18. The highest BCUT2D eigenvalue weighted by molar-refractivity contribution is 5.79. The highest BCUT2D eigenvalue weighted by Crippen LogP contribution is 2.21. The van der Waals surface area contributed by atoms with Crippen LogP contribution in [0.1, 0.15) is 19.3 Å². The quantitative estimate of drug-likeness (QED) is 0.712. The van der Waals surface area contributed by atoms with Crippen LogP contribution in [0, 0.1) is 5.92 Å². The van der Waals surface area contributed by atoms with Gasteiger partial charge in [0.2, 0.25) is 5.91 Å². The molecule has 2 aromatic rings. The fraction of sp³-hybridized carbons (Fsp3) is 0.591. The molecule has 0 radical (unpaired) electrons. The Kier molecular flexibility index (Phi) is 6.64. The van der Waals surface area contributed by atoms with Crippen molar-refractivity contribution in [2.24, 2.45) is 13.0 Å². The monoisotopic (exact) mass is 413 g/mol. The Hall–Kier alpha value is -2.45. The van der Waals surface area contributed by atoms with Crippen LogP contribution in [0.4, 0.5) is 5.82 Å². The Morgan fingerprint density at radius 2 is 1.90 bits per heavy atom. The highest BCUT2D eigenvalue weighted by atomic mass is 16.5. The van der Waals surface area contributed by atoms with Gasteiger partial charge in [-0.05, 0) is 37.9 Å². The number of benzene rings is 1. The van der Waals surface area contributed by atoms with Gasteiger partial charge in [-0.3, -0.25) is 14.5 Å². The first-order valence-electron chi connectivity index (χ1n) is 10.9. The number of amides is 1. The van der Waals surface area contributed by atoms with Crippen LogP contribution < -0.4 is 15.8 Å². The number of rotatable bonds is 6. The smallest absolute Gasteiger partial charge is 0.293 e. The molecule has 162 valence electrons. The number of ether oxygens (including phenoxy) is 1. The molecule has 1 aromatic carbocycles. The Morgan fingerprint density at radius 1 is 1.17 bits per heavy atom. The normalized spacial score (nSPS) is 18.6.